The molecule has 0 aliphatic carbocycles. The number of ether oxygens (including phenoxy) is 1. The smallest absolute Gasteiger partial charge is 0.320 e. The highest BCUT2D eigenvalue weighted by Gasteiger charge is 2.18. The van der Waals surface area contributed by atoms with Crippen LogP contribution in [0.15, 0.2) is 30.6 Å². The summed E-state index contributed by atoms with van der Waals surface area (Å²) in [5.41, 5.74) is 5.80. The average molecular weight is 360 g/mol. The fraction of sp³-hybridized carbons (Fsp3) is 0.353. The van der Waals surface area contributed by atoms with Gasteiger partial charge >= 0.3 is 6.03 Å². The minimum absolute atomic E-state index is 0.0142. The predicted octanol–water partition coefficient (Wildman–Crippen LogP) is 2.21. The lowest BCUT2D eigenvalue weighted by Crippen LogP contribution is -2.44. The van der Waals surface area contributed by atoms with Crippen LogP contribution in [0.3, 0.4) is 0 Å². The summed E-state index contributed by atoms with van der Waals surface area (Å²) in [6.45, 7) is 1.90. The fourth-order valence-electron chi connectivity index (χ4n) is 2.67. The van der Waals surface area contributed by atoms with Crippen molar-refractivity contribution < 1.29 is 13.9 Å². The summed E-state index contributed by atoms with van der Waals surface area (Å²) in [6, 6.07) is 5.30. The lowest BCUT2D eigenvalue weighted by Gasteiger charge is -2.29. The van der Waals surface area contributed by atoms with Gasteiger partial charge in [-0.25, -0.2) is 19.2 Å². The van der Waals surface area contributed by atoms with Crippen LogP contribution in [0.4, 0.5) is 20.7 Å². The first-order valence-electron chi connectivity index (χ1n) is 8.30. The van der Waals surface area contributed by atoms with Crippen molar-refractivity contribution in [3.8, 4) is 11.6 Å². The number of halogens is 1. The molecular formula is C17H21FN6O2. The zero-order valence-electron chi connectivity index (χ0n) is 14.4. The minimum atomic E-state index is -0.599. The van der Waals surface area contributed by atoms with Crippen molar-refractivity contribution in [3.05, 3.63) is 36.4 Å². The van der Waals surface area contributed by atoms with Crippen LogP contribution < -0.4 is 21.1 Å². The van der Waals surface area contributed by atoms with E-state index in [0.29, 0.717) is 5.69 Å². The zero-order valence-corrected chi connectivity index (χ0v) is 14.4. The molecule has 1 saturated heterocycles. The zero-order chi connectivity index (χ0) is 18.5. The van der Waals surface area contributed by atoms with E-state index in [9.17, 15) is 9.18 Å². The van der Waals surface area contributed by atoms with Crippen molar-refractivity contribution in [3.63, 3.8) is 0 Å². The number of aromatic nitrogens is 2. The summed E-state index contributed by atoms with van der Waals surface area (Å²) >= 11 is 0. The number of likely N-dealkylation sites (tertiary alicyclic amines) is 1. The number of hydrogen-bond acceptors (Lipinski definition) is 6. The number of hydrogen-bond donors (Lipinski definition) is 3. The molecule has 1 fully saturated rings. The highest BCUT2D eigenvalue weighted by Crippen LogP contribution is 2.25. The number of anilines is 2. The number of benzene rings is 1. The molecular weight excluding hydrogens is 339 g/mol. The summed E-state index contributed by atoms with van der Waals surface area (Å²) in [6.07, 6.45) is 3.03. The Morgan fingerprint density at radius 1 is 1.31 bits per heavy atom. The molecule has 4 N–H and O–H groups in total. The third-order valence-electron chi connectivity index (χ3n) is 4.11. The van der Waals surface area contributed by atoms with E-state index in [4.69, 9.17) is 10.5 Å². The number of carbonyl (C=O) groups is 1. The standard InChI is InChI=1S/C17H21FN6O2/c1-24-6-4-12(5-7-24)22-17(25)23-15-9-16(21-10-20-15)26-14-3-2-11(19)8-13(14)18/h2-3,8-10,12H,4-7,19H2,1H3,(H2,20,21,22,23,25). The number of carbonyl (C=O) groups excluding carboxylic acids is 1. The Morgan fingerprint density at radius 3 is 2.81 bits per heavy atom. The molecule has 0 unspecified atom stereocenters. The third-order valence-corrected chi connectivity index (χ3v) is 4.11. The highest BCUT2D eigenvalue weighted by atomic mass is 19.1. The lowest BCUT2D eigenvalue weighted by atomic mass is 10.1. The van der Waals surface area contributed by atoms with Crippen LogP contribution in [0.1, 0.15) is 12.8 Å². The molecule has 2 heterocycles. The molecule has 8 nitrogen and oxygen atoms in total. The molecule has 0 saturated carbocycles. The number of amides is 2. The van der Waals surface area contributed by atoms with Gasteiger partial charge in [0.2, 0.25) is 5.88 Å². The molecule has 9 heteroatoms. The van der Waals surface area contributed by atoms with Gasteiger partial charge in [-0.05, 0) is 45.1 Å². The first-order valence-corrected chi connectivity index (χ1v) is 8.30. The second kappa shape index (κ2) is 7.96. The number of piperidine rings is 1. The summed E-state index contributed by atoms with van der Waals surface area (Å²) < 4.78 is 19.2. The maximum atomic E-state index is 13.8. The van der Waals surface area contributed by atoms with Crippen molar-refractivity contribution in [2.45, 2.75) is 18.9 Å². The summed E-state index contributed by atoms with van der Waals surface area (Å²) in [5.74, 6) is -0.243. The Hall–Kier alpha value is -2.94. The molecule has 1 aromatic carbocycles. The Kier molecular flexibility index (Phi) is 5.47. The topological polar surface area (TPSA) is 105 Å². The van der Waals surface area contributed by atoms with Crippen LogP contribution >= 0.6 is 0 Å². The summed E-state index contributed by atoms with van der Waals surface area (Å²) in [7, 11) is 2.06. The third kappa shape index (κ3) is 4.79. The Bertz CT molecular complexity index is 780. The van der Waals surface area contributed by atoms with E-state index in [-0.39, 0.29) is 29.5 Å². The molecule has 2 aromatic rings. The van der Waals surface area contributed by atoms with E-state index in [0.717, 1.165) is 32.0 Å². The van der Waals surface area contributed by atoms with E-state index in [2.05, 4.69) is 32.5 Å². The quantitative estimate of drug-likeness (QED) is 0.722. The molecule has 1 aromatic heterocycles. The van der Waals surface area contributed by atoms with Crippen LogP contribution in [0.2, 0.25) is 0 Å². The van der Waals surface area contributed by atoms with Gasteiger partial charge in [0.15, 0.2) is 11.6 Å². The molecule has 3 rings (SSSR count). The molecule has 0 spiro atoms. The van der Waals surface area contributed by atoms with Gasteiger partial charge in [-0.2, -0.15) is 0 Å². The molecule has 26 heavy (non-hydrogen) atoms. The van der Waals surface area contributed by atoms with Gasteiger partial charge < -0.3 is 20.7 Å². The second-order valence-electron chi connectivity index (χ2n) is 6.21. The predicted molar refractivity (Wildman–Crippen MR) is 95.6 cm³/mol. The van der Waals surface area contributed by atoms with E-state index in [1.807, 2.05) is 0 Å². The van der Waals surface area contributed by atoms with E-state index in [1.165, 1.54) is 24.5 Å². The van der Waals surface area contributed by atoms with E-state index < -0.39 is 5.82 Å². The molecule has 0 radical (unpaired) electrons. The van der Waals surface area contributed by atoms with Crippen molar-refractivity contribution in [2.75, 3.05) is 31.2 Å². The van der Waals surface area contributed by atoms with Gasteiger partial charge in [0, 0.05) is 23.9 Å². The molecule has 1 aliphatic heterocycles. The number of rotatable bonds is 4. The molecule has 138 valence electrons. The lowest BCUT2D eigenvalue weighted by molar-refractivity contribution is 0.221. The van der Waals surface area contributed by atoms with Gasteiger partial charge in [-0.15, -0.1) is 0 Å². The SMILES string of the molecule is CN1CCC(NC(=O)Nc2cc(Oc3ccc(N)cc3F)ncn2)CC1. The van der Waals surface area contributed by atoms with Gasteiger partial charge in [0.05, 0.1) is 0 Å². The maximum absolute atomic E-state index is 13.8. The number of nitrogens with two attached hydrogens (primary N) is 1. The minimum Gasteiger partial charge on any atom is -0.436 e. The number of nitrogens with one attached hydrogen (secondary N) is 2. The molecule has 1 aliphatic rings. The molecule has 2 amide bonds. The maximum Gasteiger partial charge on any atom is 0.320 e. The first-order chi connectivity index (χ1) is 12.5. The number of nitrogens with zero attached hydrogens (tertiary/aromatic N) is 3. The fourth-order valence-corrected chi connectivity index (χ4v) is 2.67. The summed E-state index contributed by atoms with van der Waals surface area (Å²) in [5, 5.41) is 5.56. The van der Waals surface area contributed by atoms with Gasteiger partial charge in [-0.3, -0.25) is 5.32 Å². The first kappa shape index (κ1) is 17.9. The van der Waals surface area contributed by atoms with Crippen molar-refractivity contribution in [1.29, 1.82) is 0 Å². The molecule has 0 atom stereocenters. The normalized spacial score (nSPS) is 15.5. The Balaban J connectivity index is 1.59. The van der Waals surface area contributed by atoms with Crippen molar-refractivity contribution in [1.82, 2.24) is 20.2 Å². The van der Waals surface area contributed by atoms with E-state index in [1.54, 1.807) is 0 Å². The second-order valence-corrected chi connectivity index (χ2v) is 6.21. The van der Waals surface area contributed by atoms with E-state index >= 15 is 0 Å². The summed E-state index contributed by atoms with van der Waals surface area (Å²) in [4.78, 5) is 22.2. The Labute approximate surface area is 150 Å². The van der Waals surface area contributed by atoms with Crippen molar-refractivity contribution >= 4 is 17.5 Å². The van der Waals surface area contributed by atoms with Crippen LogP contribution in [-0.2, 0) is 0 Å². The highest BCUT2D eigenvalue weighted by molar-refractivity contribution is 5.88. The number of nitrogen functional groups attached to an aromatic ring is 1. The molecule has 0 bridgehead atoms. The van der Waals surface area contributed by atoms with Crippen LogP contribution in [-0.4, -0.2) is 47.1 Å². The van der Waals surface area contributed by atoms with Crippen LogP contribution in [0.25, 0.3) is 0 Å². The number of urea groups is 1. The monoisotopic (exact) mass is 360 g/mol. The Morgan fingerprint density at radius 2 is 2.08 bits per heavy atom. The van der Waals surface area contributed by atoms with Crippen LogP contribution in [0, 0.1) is 5.82 Å². The van der Waals surface area contributed by atoms with Gasteiger partial charge in [-0.1, -0.05) is 0 Å². The van der Waals surface area contributed by atoms with Crippen LogP contribution in [0.5, 0.6) is 11.6 Å². The van der Waals surface area contributed by atoms with Gasteiger partial charge in [0.25, 0.3) is 0 Å². The largest absolute Gasteiger partial charge is 0.436 e. The van der Waals surface area contributed by atoms with Crippen molar-refractivity contribution in [2.24, 2.45) is 0 Å². The average Bonchev–Trinajstić information content (AvgIpc) is 2.60. The van der Waals surface area contributed by atoms with Gasteiger partial charge in [0.1, 0.15) is 12.1 Å².